The number of nitro benzene ring substituents is 4. The van der Waals surface area contributed by atoms with Gasteiger partial charge in [0.15, 0.2) is 0 Å². The van der Waals surface area contributed by atoms with E-state index >= 15 is 0 Å². The van der Waals surface area contributed by atoms with Gasteiger partial charge in [-0.05, 0) is 144 Å². The maximum Gasteiger partial charge on any atom is 0.287 e. The first-order chi connectivity index (χ1) is 42.8. The molecule has 0 spiro atoms. The summed E-state index contributed by atoms with van der Waals surface area (Å²) in [6, 6.07) is 51.9. The van der Waals surface area contributed by atoms with E-state index in [1.807, 2.05) is 138 Å². The van der Waals surface area contributed by atoms with Gasteiger partial charge in [0.1, 0.15) is 17.9 Å². The average Bonchev–Trinajstić information content (AvgIpc) is 1.84. The molecule has 0 bridgehead atoms. The lowest BCUT2D eigenvalue weighted by atomic mass is 10.0. The number of carbonyl (C=O) groups excluding carboxylic acids is 1. The second-order valence-electron chi connectivity index (χ2n) is 19.6. The number of nitrogens with zero attached hydrogens (tertiary/aromatic N) is 12. The molecule has 92 heavy (non-hydrogen) atoms. The molecule has 0 unspecified atom stereocenters. The Balaban J connectivity index is 0.000000561. The van der Waals surface area contributed by atoms with Crippen molar-refractivity contribution in [3.63, 3.8) is 0 Å². The molecule has 0 aliphatic carbocycles. The number of halogens is 3. The molecule has 24 heteroatoms. The number of nitriles is 2. The van der Waals surface area contributed by atoms with Crippen LogP contribution in [0.2, 0.25) is 0 Å². The van der Waals surface area contributed by atoms with Crippen LogP contribution in [-0.2, 0) is 5.33 Å². The number of anilines is 3. The monoisotopic (exact) mass is 1310 g/mol. The highest BCUT2D eigenvalue weighted by Crippen LogP contribution is 2.31. The molecule has 8 rings (SSSR count). The molecule has 0 saturated heterocycles. The van der Waals surface area contributed by atoms with Crippen molar-refractivity contribution in [2.45, 2.75) is 26.1 Å². The lowest BCUT2D eigenvalue weighted by Crippen LogP contribution is -2.08. The number of rotatable bonds is 13. The van der Waals surface area contributed by atoms with Gasteiger partial charge >= 0.3 is 0 Å². The second-order valence-corrected chi connectivity index (χ2v) is 20.2. The van der Waals surface area contributed by atoms with Crippen LogP contribution in [0.25, 0.3) is 38.8 Å². The summed E-state index contributed by atoms with van der Waals surface area (Å²) >= 11 is 3.19. The highest BCUT2D eigenvalue weighted by molar-refractivity contribution is 9.08. The molecule has 0 amide bonds. The van der Waals surface area contributed by atoms with Crippen LogP contribution in [0, 0.1) is 104 Å². The SMILES string of the molecule is CN(C)c1ccc(/C=C/c2ccc(C#N)c([N+](=O)[O-])c2)cc1.CN(C)c1ccc(C=O)cc1.Cc1cc(/C=C/c2ccc(N(C)C)cc2)ccc1C#N.F.[18FH].[C-]#[N+]c1ccc(C)cc1[N+](=O)[O-].[C-]#[N+]c1ccc(C)cc1[N+](=O)[O-].[C-]#[N+]c1ccc(CBr)cc1[N+](=O)[O-]. The normalized spacial score (nSPS) is 9.53. The summed E-state index contributed by atoms with van der Waals surface area (Å²) in [5, 5.41) is 60.5. The van der Waals surface area contributed by atoms with E-state index in [-0.39, 0.29) is 54.8 Å². The van der Waals surface area contributed by atoms with Gasteiger partial charge in [-0.25, -0.2) is 14.5 Å². The largest absolute Gasteiger partial charge is 0.378 e. The van der Waals surface area contributed by atoms with Crippen LogP contribution in [0.1, 0.15) is 66.0 Å². The van der Waals surface area contributed by atoms with E-state index in [0.717, 1.165) is 67.7 Å². The molecular weight excluding hydrogens is 1250 g/mol. The van der Waals surface area contributed by atoms with Crippen LogP contribution in [0.15, 0.2) is 164 Å². The molecule has 0 aromatic heterocycles. The zero-order valence-electron chi connectivity index (χ0n) is 51.4. The summed E-state index contributed by atoms with van der Waals surface area (Å²) in [6.45, 7) is 25.5. The maximum atomic E-state index is 10.9. The van der Waals surface area contributed by atoms with Gasteiger partial charge in [0.05, 0.1) is 51.0 Å². The van der Waals surface area contributed by atoms with Crippen LogP contribution in [0.4, 0.5) is 66.3 Å². The van der Waals surface area contributed by atoms with Crippen LogP contribution in [0.5, 0.6) is 0 Å². The van der Waals surface area contributed by atoms with E-state index in [9.17, 15) is 45.3 Å². The van der Waals surface area contributed by atoms with Gasteiger partial charge < -0.3 is 14.7 Å². The van der Waals surface area contributed by atoms with Crippen molar-refractivity contribution in [3.8, 4) is 12.1 Å². The molecule has 0 aliphatic heterocycles. The van der Waals surface area contributed by atoms with E-state index in [1.54, 1.807) is 44.2 Å². The smallest absolute Gasteiger partial charge is 0.287 e. The van der Waals surface area contributed by atoms with Gasteiger partial charge in [-0.15, -0.1) is 0 Å². The average molecular weight is 1310 g/mol. The number of hydrogen-bond donors (Lipinski definition) is 0. The fourth-order valence-electron chi connectivity index (χ4n) is 7.46. The van der Waals surface area contributed by atoms with E-state index in [4.69, 9.17) is 30.2 Å². The number of hydrogen-bond acceptors (Lipinski definition) is 14. The van der Waals surface area contributed by atoms with Crippen molar-refractivity contribution in [3.05, 3.63) is 300 Å². The van der Waals surface area contributed by atoms with Gasteiger partial charge in [0.25, 0.3) is 39.8 Å². The van der Waals surface area contributed by atoms with Crippen LogP contribution >= 0.6 is 15.9 Å². The fraction of sp³-hybridized carbons (Fsp3) is 0.147. The summed E-state index contributed by atoms with van der Waals surface area (Å²) in [7, 11) is 11.9. The standard InChI is InChI=1S/C18H18N2.C17H15N3O2.C9H11NO.C8H5BrN2O2.2C8H6N2O2.2FH/c1-14-12-16(6-9-17(14)13-19)5-4-15-7-10-18(11-8-15)20(2)3;1-19(2)16-9-6-13(7-10-16)3-4-14-5-8-15(12-18)17(11-14)20(21)22;1-10(2)9-5-3-8(7-11)4-6-9;1-10-7-3-2-6(5-9)4-8(7)11(12)13;2*1-6-3-4-7(9-2)8(5-6)10(11)12;;/h4-12H,1-3H3;3-11H,1-2H3;3-7H,1-2H3;2-4H,5H2;2*3-5H,1H3;2*1H/b5-4+;4-3+;;;;;;/i;;;;;;1-1;. The Morgan fingerprint density at radius 3 is 1.07 bits per heavy atom. The minimum atomic E-state index is -0.542. The molecule has 0 fully saturated rings. The summed E-state index contributed by atoms with van der Waals surface area (Å²) in [5.74, 6) is 0. The van der Waals surface area contributed by atoms with Gasteiger partial charge in [0.2, 0.25) is 0 Å². The van der Waals surface area contributed by atoms with Crippen molar-refractivity contribution in [2.75, 3.05) is 57.0 Å². The molecule has 470 valence electrons. The maximum absolute atomic E-state index is 10.9. The Kier molecular flexibility index (Phi) is 33.4. The summed E-state index contributed by atoms with van der Waals surface area (Å²) in [6.07, 6.45) is 8.67. The summed E-state index contributed by atoms with van der Waals surface area (Å²) < 4.78 is 0. The zero-order valence-corrected chi connectivity index (χ0v) is 53.0. The first-order valence-electron chi connectivity index (χ1n) is 26.6. The molecule has 21 nitrogen and oxygen atoms in total. The third kappa shape index (κ3) is 25.2. The minimum Gasteiger partial charge on any atom is -0.378 e. The number of benzene rings is 8. The van der Waals surface area contributed by atoms with E-state index in [1.165, 1.54) is 54.2 Å². The molecule has 0 N–H and O–H groups in total. The van der Waals surface area contributed by atoms with Crippen molar-refractivity contribution < 1.29 is 33.9 Å². The Hall–Kier alpha value is -12.3. The van der Waals surface area contributed by atoms with Crippen molar-refractivity contribution in [2.24, 2.45) is 0 Å². The molecule has 0 atom stereocenters. The highest BCUT2D eigenvalue weighted by Gasteiger charge is 2.16. The number of aryl methyl sites for hydroxylation is 3. The molecule has 8 aromatic carbocycles. The Morgan fingerprint density at radius 1 is 0.435 bits per heavy atom. The van der Waals surface area contributed by atoms with Crippen LogP contribution in [0.3, 0.4) is 0 Å². The quantitative estimate of drug-likeness (QED) is 0.0260. The Morgan fingerprint density at radius 2 is 0.750 bits per heavy atom. The number of aldehydes is 1. The topological polar surface area (TPSA) is 260 Å². The number of alkyl halides is 1. The van der Waals surface area contributed by atoms with E-state index in [2.05, 4.69) is 77.9 Å². The predicted octanol–water partition coefficient (Wildman–Crippen LogP) is 17.6. The van der Waals surface area contributed by atoms with Gasteiger partial charge in [-0.3, -0.25) is 54.7 Å². The van der Waals surface area contributed by atoms with Gasteiger partial charge in [-0.2, -0.15) is 10.5 Å². The lowest BCUT2D eigenvalue weighted by Gasteiger charge is -2.11. The molecule has 0 heterocycles. The molecule has 8 aromatic rings. The summed E-state index contributed by atoms with van der Waals surface area (Å²) in [4.78, 5) is 65.6. The fourth-order valence-corrected chi connectivity index (χ4v) is 7.81. The second kappa shape index (κ2) is 39.5. The van der Waals surface area contributed by atoms with E-state index < -0.39 is 19.7 Å². The number of carbonyl (C=O) groups is 1. The van der Waals surface area contributed by atoms with Crippen molar-refractivity contribution >= 4 is 103 Å². The van der Waals surface area contributed by atoms with Gasteiger partial charge in [-0.1, -0.05) is 101 Å². The lowest BCUT2D eigenvalue weighted by molar-refractivity contribution is -0.385. The Bertz CT molecular complexity index is 4060. The third-order valence-corrected chi connectivity index (χ3v) is 13.1. The molecule has 0 saturated carbocycles. The number of nitro groups is 4. The first-order valence-corrected chi connectivity index (χ1v) is 27.7. The molecule has 0 aliphatic rings. The predicted molar refractivity (Wildman–Crippen MR) is 364 cm³/mol. The molecule has 0 radical (unpaired) electrons. The van der Waals surface area contributed by atoms with Crippen molar-refractivity contribution in [1.29, 1.82) is 10.5 Å². The third-order valence-electron chi connectivity index (χ3n) is 12.4. The van der Waals surface area contributed by atoms with Gasteiger partial charge in [0, 0.05) is 94.5 Å². The highest BCUT2D eigenvalue weighted by atomic mass is 79.9. The Labute approximate surface area is 540 Å². The van der Waals surface area contributed by atoms with Crippen molar-refractivity contribution in [1.82, 2.24) is 0 Å². The van der Waals surface area contributed by atoms with Crippen LogP contribution < -0.4 is 14.7 Å². The summed E-state index contributed by atoms with van der Waals surface area (Å²) in [5.41, 5.74) is 12.0. The molecular formula is C68H63BrF2N12O9. The first kappa shape index (κ1) is 77.7. The minimum absolute atomic E-state index is 0. The zero-order chi connectivity index (χ0) is 67.0. The van der Waals surface area contributed by atoms with Crippen LogP contribution in [-0.4, -0.2) is 68.3 Å². The van der Waals surface area contributed by atoms with E-state index in [0.29, 0.717) is 10.9 Å².